The number of terminal acetylenes is 2. The zero-order chi connectivity index (χ0) is 68.3. The van der Waals surface area contributed by atoms with Crippen molar-refractivity contribution in [2.24, 2.45) is 22.9 Å². The van der Waals surface area contributed by atoms with Crippen molar-refractivity contribution in [2.75, 3.05) is 46.0 Å². The third kappa shape index (κ3) is 26.6. The van der Waals surface area contributed by atoms with Crippen LogP contribution in [0.2, 0.25) is 0 Å². The largest absolute Gasteiger partial charge is 0.726 e. The number of ketones is 1. The zero-order valence-corrected chi connectivity index (χ0v) is 51.0. The fraction of sp³-hybridized carbons (Fsp3) is 0.618. The van der Waals surface area contributed by atoms with Crippen molar-refractivity contribution >= 4 is 56.3 Å². The van der Waals surface area contributed by atoms with Gasteiger partial charge < -0.3 is 118 Å². The van der Waals surface area contributed by atoms with Crippen LogP contribution in [0.25, 0.3) is 0 Å². The Morgan fingerprint density at radius 1 is 0.714 bits per heavy atom. The van der Waals surface area contributed by atoms with Crippen molar-refractivity contribution in [3.05, 3.63) is 65.2 Å². The van der Waals surface area contributed by atoms with E-state index in [1.54, 1.807) is 24.3 Å². The Labute approximate surface area is 523 Å². The number of oxime groups is 1. The maximum absolute atomic E-state index is 11.9. The van der Waals surface area contributed by atoms with Gasteiger partial charge in [-0.15, -0.1) is 24.7 Å². The Bertz CT molecular complexity index is 2910. The number of ether oxygens (including phenoxy) is 7. The van der Waals surface area contributed by atoms with Gasteiger partial charge in [0, 0.05) is 70.3 Å². The molecule has 0 saturated carbocycles. The highest BCUT2D eigenvalue weighted by Crippen LogP contribution is 2.34. The molecule has 34 nitrogen and oxygen atoms in total. The Balaban J connectivity index is 0.000000398. The van der Waals surface area contributed by atoms with E-state index >= 15 is 0 Å². The predicted molar refractivity (Wildman–Crippen MR) is 300 cm³/mol. The van der Waals surface area contributed by atoms with E-state index in [2.05, 4.69) is 40.3 Å². The van der Waals surface area contributed by atoms with E-state index in [4.69, 9.17) is 52.0 Å². The molecular weight excluding hydrogens is 1260 g/mol. The van der Waals surface area contributed by atoms with Gasteiger partial charge in [0.2, 0.25) is 26.7 Å². The second-order valence-electron chi connectivity index (χ2n) is 20.4. The number of aliphatic carboxylic acids is 2. The van der Waals surface area contributed by atoms with E-state index in [-0.39, 0.29) is 24.7 Å². The van der Waals surface area contributed by atoms with Crippen LogP contribution in [0.1, 0.15) is 56.2 Å². The third-order valence-corrected chi connectivity index (χ3v) is 14.7. The minimum atomic E-state index is -5.16. The highest BCUT2D eigenvalue weighted by molar-refractivity contribution is 7.81. The van der Waals surface area contributed by atoms with Crippen LogP contribution in [0.3, 0.4) is 0 Å². The summed E-state index contributed by atoms with van der Waals surface area (Å²) in [6.07, 6.45) is -15.6. The number of methoxy groups -OCH3 is 2. The van der Waals surface area contributed by atoms with E-state index in [0.717, 1.165) is 42.1 Å². The monoisotopic (exact) mass is 1340 g/mol. The number of carbonyl (C=O) groups is 4. The van der Waals surface area contributed by atoms with Gasteiger partial charge in [0.25, 0.3) is 0 Å². The Hall–Kier alpha value is -5.83. The summed E-state index contributed by atoms with van der Waals surface area (Å²) in [5.74, 6) is 3.86. The third-order valence-electron chi connectivity index (χ3n) is 13.9. The molecule has 3 fully saturated rings. The van der Waals surface area contributed by atoms with Crippen LogP contribution in [-0.4, -0.2) is 242 Å². The number of hydrogen-bond donors (Lipinski definition) is 10. The number of carboxylic acids is 2. The minimum Gasteiger partial charge on any atom is -0.726 e. The van der Waals surface area contributed by atoms with Gasteiger partial charge in [-0.25, -0.2) is 22.7 Å². The van der Waals surface area contributed by atoms with Crippen molar-refractivity contribution in [2.45, 2.75) is 163 Å². The van der Waals surface area contributed by atoms with E-state index < -0.39 is 162 Å². The number of anilines is 1. The number of nitrogens with zero attached hydrogens (tertiary/aromatic N) is 1. The highest BCUT2D eigenvalue weighted by Gasteiger charge is 2.51. The lowest BCUT2D eigenvalue weighted by Gasteiger charge is -2.47. The number of Topliss-reactive ketones (excluding diaryl/α,β-unsaturated/α-hetero) is 1. The number of amides is 1. The minimum absolute atomic E-state index is 0.0317. The molecule has 9 unspecified atom stereocenters. The number of rotatable bonds is 32. The van der Waals surface area contributed by atoms with Crippen molar-refractivity contribution < 1.29 is 147 Å². The molecule has 1 amide bonds. The SMILES string of the molecule is C#CCCC(=O)Cc1ccc(CCO/N=C\C(O)[C@@H](O)[C@H](O[C@H]2OC(COS(=O)(=O)[O-])[C@@H](OC)[C@H](O)C2C)C(O)C(=O)[O-])cc1.C#CCCC(=O)Nc1ccc(CCON)cc1.CO[C@@H]1C(COS(=O)(=O)[O-])O[C@H](O[C@@H]2C(C(=O)[O-])OC(O)C(O)[C@H]2O)C(C)[C@H]1O. The van der Waals surface area contributed by atoms with Crippen LogP contribution in [0.15, 0.2) is 53.7 Å². The molecule has 0 radical (unpaired) electrons. The van der Waals surface area contributed by atoms with Gasteiger partial charge in [0.15, 0.2) is 18.9 Å². The van der Waals surface area contributed by atoms with Crippen LogP contribution in [0.4, 0.5) is 5.69 Å². The van der Waals surface area contributed by atoms with Gasteiger partial charge in [-0.2, -0.15) is 0 Å². The first-order valence-electron chi connectivity index (χ1n) is 27.5. The molecule has 512 valence electrons. The van der Waals surface area contributed by atoms with Gasteiger partial charge in [-0.1, -0.05) is 55.4 Å². The van der Waals surface area contributed by atoms with Crippen molar-refractivity contribution in [3.63, 3.8) is 0 Å². The van der Waals surface area contributed by atoms with Crippen molar-refractivity contribution in [1.82, 2.24) is 0 Å². The summed E-state index contributed by atoms with van der Waals surface area (Å²) >= 11 is 0. The van der Waals surface area contributed by atoms with E-state index in [0.29, 0.717) is 38.7 Å². The molecule has 2 aromatic rings. The van der Waals surface area contributed by atoms with Gasteiger partial charge in [-0.3, -0.25) is 18.0 Å². The maximum atomic E-state index is 11.9. The predicted octanol–water partition coefficient (Wildman–Crippen LogP) is -6.57. The molecule has 91 heavy (non-hydrogen) atoms. The molecule has 36 heteroatoms. The number of aliphatic hydroxyl groups is 8. The molecule has 3 aliphatic rings. The lowest BCUT2D eigenvalue weighted by Crippen LogP contribution is -2.65. The summed E-state index contributed by atoms with van der Waals surface area (Å²) in [6.45, 7) is 1.55. The van der Waals surface area contributed by atoms with Crippen LogP contribution in [0.5, 0.6) is 0 Å². The van der Waals surface area contributed by atoms with Crippen molar-refractivity contribution in [1.29, 1.82) is 0 Å². The standard InChI is InChI=1S/C28H39NO15S.C14H24O14S.C13H16N2O2/c1-4-5-6-19(30)13-18-9-7-17(8-10-18)11-12-41-29-14-20(31)23(33)26(24(34)27(35)36)44-28-16(2)22(32)25(40-3)21(43-28)15-42-45(37,38)39;1-4-6(15)9(24-2)5(3-25-29(21,22)23)26-14(4)28-10-7(16)8(17)13(20)27-11(10)12(18)19;1-2-3-4-13(16)15-12-7-5-11(6-8-12)9-10-17-14/h1,7-10,14,16,20-26,28,31-34H,5-6,11-13,15H2,2-3H3,(H,35,36)(H,37,38,39);4-11,13-17,20H,3H2,1-2H3,(H,18,19)(H,21,22,23);1,5-8H,3-4,9-10,14H2,(H,15,16)/p-4/b29-14-;;/t16?,20?,21?,22-,23-,24?,25-,26+,28-;4?,5?,6-,7-,8?,9-,10+,11?,13?,14-;/m11./s1. The highest BCUT2D eigenvalue weighted by atomic mass is 32.3. The lowest BCUT2D eigenvalue weighted by molar-refractivity contribution is -0.368. The van der Waals surface area contributed by atoms with E-state index in [9.17, 15) is 96.2 Å². The summed E-state index contributed by atoms with van der Waals surface area (Å²) in [7, 11) is -7.90. The average molecular weight is 1340 g/mol. The van der Waals surface area contributed by atoms with Gasteiger partial charge >= 0.3 is 0 Å². The summed E-state index contributed by atoms with van der Waals surface area (Å²) < 4.78 is 110. The molecule has 2 aromatic carbocycles. The molecule has 0 aliphatic carbocycles. The van der Waals surface area contributed by atoms with Crippen LogP contribution in [-0.2, 0) is 110 Å². The van der Waals surface area contributed by atoms with Crippen LogP contribution >= 0.6 is 0 Å². The first-order valence-corrected chi connectivity index (χ1v) is 30.2. The average Bonchev–Trinajstić information content (AvgIpc) is 0.914. The maximum Gasteiger partial charge on any atom is 0.225 e. The fourth-order valence-corrected chi connectivity index (χ4v) is 9.45. The molecule has 11 N–H and O–H groups in total. The number of nitrogens with one attached hydrogen (secondary N) is 1. The number of benzene rings is 2. The topological polar surface area (TPSA) is 543 Å². The van der Waals surface area contributed by atoms with Crippen LogP contribution < -0.4 is 21.4 Å². The molecule has 0 bridgehead atoms. The molecular formula is C55H75N3O31S2-4. The summed E-state index contributed by atoms with van der Waals surface area (Å²) in [6, 6.07) is 14.7. The molecule has 3 aliphatic heterocycles. The molecule has 3 saturated heterocycles. The van der Waals surface area contributed by atoms with E-state index in [1.807, 2.05) is 24.3 Å². The smallest absolute Gasteiger partial charge is 0.225 e. The van der Waals surface area contributed by atoms with Crippen molar-refractivity contribution in [3.8, 4) is 24.7 Å². The first-order chi connectivity index (χ1) is 42.8. The normalized spacial score (nSPS) is 28.0. The van der Waals surface area contributed by atoms with Gasteiger partial charge in [-0.05, 0) is 35.2 Å². The number of aliphatic hydroxyl groups excluding tert-OH is 8. The number of carbonyl (C=O) groups excluding carboxylic acids is 4. The Morgan fingerprint density at radius 3 is 1.70 bits per heavy atom. The number of nitrogens with two attached hydrogens (primary N) is 1. The second-order valence-corrected chi connectivity index (χ2v) is 22.5. The Kier molecular flexibility index (Phi) is 34.0. The summed E-state index contributed by atoms with van der Waals surface area (Å²) in [5.41, 5.74) is 3.56. The van der Waals surface area contributed by atoms with Crippen LogP contribution in [0, 0.1) is 36.5 Å². The summed E-state index contributed by atoms with van der Waals surface area (Å²) in [5, 5.41) is 110. The molecule has 0 spiro atoms. The molecule has 19 atom stereocenters. The van der Waals surface area contributed by atoms with Gasteiger partial charge in [0.1, 0.15) is 85.6 Å². The first kappa shape index (κ1) is 79.4. The van der Waals surface area contributed by atoms with E-state index in [1.165, 1.54) is 21.0 Å². The Morgan fingerprint density at radius 2 is 1.21 bits per heavy atom. The summed E-state index contributed by atoms with van der Waals surface area (Å²) in [4.78, 5) is 55.5. The zero-order valence-electron chi connectivity index (χ0n) is 49.4. The molecule has 3 heterocycles. The van der Waals surface area contributed by atoms with Gasteiger partial charge in [0.05, 0.1) is 50.2 Å². The molecule has 0 aromatic heterocycles. The number of hydrogen-bond acceptors (Lipinski definition) is 33. The number of carboxylic acid groups (broad SMARTS) is 2. The molecule has 5 rings (SSSR count). The quantitative estimate of drug-likeness (QED) is 0.00813. The fourth-order valence-electron chi connectivity index (χ4n) is 8.84. The second kappa shape index (κ2) is 39.0. The lowest BCUT2D eigenvalue weighted by atomic mass is 9.91.